The van der Waals surface area contributed by atoms with E-state index in [4.69, 9.17) is 4.74 Å². The molecule has 1 aromatic heterocycles. The third-order valence-corrected chi connectivity index (χ3v) is 3.57. The average molecular weight is 422 g/mol. The highest BCUT2D eigenvalue weighted by Gasteiger charge is 2.34. The van der Waals surface area contributed by atoms with Crippen molar-refractivity contribution in [1.29, 1.82) is 0 Å². The maximum atomic E-state index is 12.9. The summed E-state index contributed by atoms with van der Waals surface area (Å²) in [6.45, 7) is -0.660. The number of amides is 1. The number of pyridine rings is 1. The van der Waals surface area contributed by atoms with Crippen LogP contribution in [0.4, 0.5) is 26.3 Å². The minimum Gasteiger partial charge on any atom is -0.483 e. The van der Waals surface area contributed by atoms with E-state index in [9.17, 15) is 31.1 Å². The molecule has 0 radical (unpaired) electrons. The van der Waals surface area contributed by atoms with Crippen LogP contribution < -0.4 is 14.8 Å². The van der Waals surface area contributed by atoms with Crippen molar-refractivity contribution >= 4 is 5.91 Å². The molecule has 0 saturated heterocycles. The van der Waals surface area contributed by atoms with Crippen molar-refractivity contribution in [3.8, 4) is 11.5 Å². The fourth-order valence-electron chi connectivity index (χ4n) is 2.25. The molecule has 0 saturated carbocycles. The summed E-state index contributed by atoms with van der Waals surface area (Å²) in [5.41, 5.74) is -0.673. The second-order valence-electron chi connectivity index (χ2n) is 5.93. The van der Waals surface area contributed by atoms with Gasteiger partial charge in [-0.05, 0) is 30.7 Å². The number of ether oxygens (including phenoxy) is 2. The topological polar surface area (TPSA) is 60.5 Å². The van der Waals surface area contributed by atoms with Crippen molar-refractivity contribution in [2.24, 2.45) is 0 Å². The molecule has 2 aromatic rings. The molecule has 1 amide bonds. The van der Waals surface area contributed by atoms with Crippen LogP contribution >= 0.6 is 0 Å². The number of hydrogen-bond donors (Lipinski definition) is 1. The van der Waals surface area contributed by atoms with E-state index in [1.165, 1.54) is 31.3 Å². The maximum Gasteiger partial charge on any atom is 0.422 e. The molecule has 0 aliphatic heterocycles. The second kappa shape index (κ2) is 9.01. The number of para-hydroxylation sites is 1. The molecule has 2 rings (SSSR count). The minimum atomic E-state index is -4.64. The van der Waals surface area contributed by atoms with E-state index in [2.05, 4.69) is 15.0 Å². The summed E-state index contributed by atoms with van der Waals surface area (Å²) in [6, 6.07) is 5.01. The van der Waals surface area contributed by atoms with E-state index in [0.717, 1.165) is 18.3 Å². The van der Waals surface area contributed by atoms with Gasteiger partial charge in [-0.2, -0.15) is 26.3 Å². The zero-order valence-electron chi connectivity index (χ0n) is 15.0. The molecule has 0 bridgehead atoms. The van der Waals surface area contributed by atoms with Crippen molar-refractivity contribution in [3.63, 3.8) is 0 Å². The largest absolute Gasteiger partial charge is 0.483 e. The van der Waals surface area contributed by atoms with E-state index >= 15 is 0 Å². The predicted octanol–water partition coefficient (Wildman–Crippen LogP) is 4.30. The average Bonchev–Trinajstić information content (AvgIpc) is 2.64. The lowest BCUT2D eigenvalue weighted by atomic mass is 10.1. The Labute approximate surface area is 161 Å². The summed E-state index contributed by atoms with van der Waals surface area (Å²) in [7, 11) is 0. The highest BCUT2D eigenvalue weighted by Crippen LogP contribution is 2.35. The Kier molecular flexibility index (Phi) is 6.93. The number of rotatable bonds is 7. The van der Waals surface area contributed by atoms with Crippen molar-refractivity contribution in [2.75, 3.05) is 13.2 Å². The van der Waals surface area contributed by atoms with Gasteiger partial charge in [0.1, 0.15) is 11.5 Å². The number of nitrogens with zero attached hydrogens (tertiary/aromatic N) is 1. The molecule has 158 valence electrons. The van der Waals surface area contributed by atoms with Gasteiger partial charge in [0.15, 0.2) is 13.2 Å². The van der Waals surface area contributed by atoms with Gasteiger partial charge in [-0.3, -0.25) is 9.78 Å². The summed E-state index contributed by atoms with van der Waals surface area (Å²) < 4.78 is 84.9. The van der Waals surface area contributed by atoms with Crippen LogP contribution in [0.3, 0.4) is 0 Å². The van der Waals surface area contributed by atoms with Crippen LogP contribution in [0.1, 0.15) is 24.1 Å². The van der Waals surface area contributed by atoms with E-state index in [1.807, 2.05) is 0 Å². The molecular formula is C18H16F6N2O3. The van der Waals surface area contributed by atoms with E-state index in [0.29, 0.717) is 5.56 Å². The molecule has 5 nitrogen and oxygen atoms in total. The van der Waals surface area contributed by atoms with Gasteiger partial charge in [-0.1, -0.05) is 12.1 Å². The predicted molar refractivity (Wildman–Crippen MR) is 89.3 cm³/mol. The third-order valence-electron chi connectivity index (χ3n) is 3.57. The molecule has 0 unspecified atom stereocenters. The van der Waals surface area contributed by atoms with Crippen molar-refractivity contribution in [3.05, 3.63) is 53.9 Å². The first-order valence-corrected chi connectivity index (χ1v) is 8.18. The highest BCUT2D eigenvalue weighted by atomic mass is 19.4. The van der Waals surface area contributed by atoms with Crippen LogP contribution in [-0.2, 0) is 11.0 Å². The minimum absolute atomic E-state index is 0.142. The Balaban J connectivity index is 1.95. The lowest BCUT2D eigenvalue weighted by Crippen LogP contribution is -2.31. The van der Waals surface area contributed by atoms with Gasteiger partial charge >= 0.3 is 12.4 Å². The fraction of sp³-hybridized carbons (Fsp3) is 0.333. The highest BCUT2D eigenvalue weighted by molar-refractivity contribution is 5.78. The lowest BCUT2D eigenvalue weighted by Gasteiger charge is -2.17. The zero-order valence-corrected chi connectivity index (χ0v) is 15.0. The van der Waals surface area contributed by atoms with Gasteiger partial charge in [0.05, 0.1) is 17.8 Å². The smallest absolute Gasteiger partial charge is 0.422 e. The number of alkyl halides is 6. The van der Waals surface area contributed by atoms with E-state index < -0.39 is 48.8 Å². The zero-order chi connectivity index (χ0) is 21.7. The van der Waals surface area contributed by atoms with E-state index in [-0.39, 0.29) is 5.75 Å². The third kappa shape index (κ3) is 7.16. The summed E-state index contributed by atoms with van der Waals surface area (Å²) in [4.78, 5) is 15.7. The lowest BCUT2D eigenvalue weighted by molar-refractivity contribution is -0.153. The molecule has 11 heteroatoms. The van der Waals surface area contributed by atoms with Gasteiger partial charge in [0.25, 0.3) is 5.91 Å². The SMILES string of the molecule is C[C@@H](NC(=O)COc1ccccc1C(F)(F)F)c1cncc(OCC(F)(F)F)c1. The fourth-order valence-corrected chi connectivity index (χ4v) is 2.25. The summed E-state index contributed by atoms with van der Waals surface area (Å²) in [6.07, 6.45) is -6.76. The van der Waals surface area contributed by atoms with Crippen LogP contribution in [0.15, 0.2) is 42.7 Å². The molecular weight excluding hydrogens is 406 g/mol. The standard InChI is InChI=1S/C18H16F6N2O3/c1-11(12-6-13(8-25-7-12)29-10-17(19,20)21)26-16(27)9-28-15-5-3-2-4-14(15)18(22,23)24/h2-8,11H,9-10H2,1H3,(H,26,27)/t11-/m1/s1. The van der Waals surface area contributed by atoms with Crippen LogP contribution in [-0.4, -0.2) is 30.3 Å². The molecule has 0 fully saturated rings. The quantitative estimate of drug-likeness (QED) is 0.676. The van der Waals surface area contributed by atoms with Crippen molar-refractivity contribution in [2.45, 2.75) is 25.3 Å². The molecule has 0 aliphatic carbocycles. The van der Waals surface area contributed by atoms with Crippen LogP contribution in [0.5, 0.6) is 11.5 Å². The Morgan fingerprint density at radius 2 is 1.79 bits per heavy atom. The molecule has 0 aliphatic rings. The second-order valence-corrected chi connectivity index (χ2v) is 5.93. The van der Waals surface area contributed by atoms with Gasteiger partial charge in [0.2, 0.25) is 0 Å². The number of benzene rings is 1. The number of halogens is 6. The van der Waals surface area contributed by atoms with E-state index in [1.54, 1.807) is 0 Å². The molecule has 1 heterocycles. The first-order chi connectivity index (χ1) is 13.5. The molecule has 1 aromatic carbocycles. The first kappa shape index (κ1) is 22.3. The van der Waals surface area contributed by atoms with Crippen molar-refractivity contribution < 1.29 is 40.6 Å². The van der Waals surface area contributed by atoms with Crippen molar-refractivity contribution in [1.82, 2.24) is 10.3 Å². The number of carbonyl (C=O) groups excluding carboxylic acids is 1. The summed E-state index contributed by atoms with van der Waals surface area (Å²) >= 11 is 0. The molecule has 0 spiro atoms. The molecule has 1 N–H and O–H groups in total. The number of carbonyl (C=O) groups is 1. The van der Waals surface area contributed by atoms with Crippen LogP contribution in [0, 0.1) is 0 Å². The number of hydrogen-bond acceptors (Lipinski definition) is 4. The van der Waals surface area contributed by atoms with Gasteiger partial charge in [0, 0.05) is 6.20 Å². The Morgan fingerprint density at radius 1 is 1.10 bits per heavy atom. The van der Waals surface area contributed by atoms with Gasteiger partial charge in [-0.15, -0.1) is 0 Å². The molecule has 29 heavy (non-hydrogen) atoms. The normalized spacial score (nSPS) is 12.9. The van der Waals surface area contributed by atoms with Crippen LogP contribution in [0.2, 0.25) is 0 Å². The monoisotopic (exact) mass is 422 g/mol. The Bertz CT molecular complexity index is 839. The van der Waals surface area contributed by atoms with Gasteiger partial charge < -0.3 is 14.8 Å². The first-order valence-electron chi connectivity index (χ1n) is 8.18. The Morgan fingerprint density at radius 3 is 2.45 bits per heavy atom. The number of aromatic nitrogens is 1. The summed E-state index contributed by atoms with van der Waals surface area (Å²) in [5.74, 6) is -1.36. The number of nitrogens with one attached hydrogen (secondary N) is 1. The molecule has 1 atom stereocenters. The van der Waals surface area contributed by atoms with Gasteiger partial charge in [-0.25, -0.2) is 0 Å². The van der Waals surface area contributed by atoms with Crippen LogP contribution in [0.25, 0.3) is 0 Å². The maximum absolute atomic E-state index is 12.9. The Hall–Kier alpha value is -2.98. The summed E-state index contributed by atoms with van der Waals surface area (Å²) in [5, 5.41) is 2.46.